The second-order valence-electron chi connectivity index (χ2n) is 3.67. The fraction of sp³-hybridized carbons (Fsp3) is 0.182. The summed E-state index contributed by atoms with van der Waals surface area (Å²) in [7, 11) is 0. The van der Waals surface area contributed by atoms with E-state index in [-0.39, 0.29) is 0 Å². The van der Waals surface area contributed by atoms with Crippen molar-refractivity contribution in [1.82, 2.24) is 5.10 Å². The molecule has 0 aliphatic rings. The lowest BCUT2D eigenvalue weighted by Gasteiger charge is -1.97. The maximum absolute atomic E-state index is 13.0. The van der Waals surface area contributed by atoms with Crippen molar-refractivity contribution in [3.63, 3.8) is 0 Å². The minimum Gasteiger partial charge on any atom is -0.204 e. The van der Waals surface area contributed by atoms with E-state index in [1.54, 1.807) is 11.6 Å². The van der Waals surface area contributed by atoms with Gasteiger partial charge >= 0.3 is 0 Å². The van der Waals surface area contributed by atoms with E-state index in [2.05, 4.69) is 10.3 Å². The summed E-state index contributed by atoms with van der Waals surface area (Å²) < 4.78 is 27.3. The second kappa shape index (κ2) is 4.40. The molecule has 4 nitrogen and oxygen atoms in total. The van der Waals surface area contributed by atoms with E-state index in [1.165, 1.54) is 12.3 Å². The summed E-state index contributed by atoms with van der Waals surface area (Å²) in [4.78, 5) is 10.4. The predicted octanol–water partition coefficient (Wildman–Crippen LogP) is 2.34. The van der Waals surface area contributed by atoms with Gasteiger partial charge in [-0.25, -0.2) is 8.78 Å². The van der Waals surface area contributed by atoms with Crippen LogP contribution in [0.3, 0.4) is 0 Å². The molecule has 1 aromatic carbocycles. The molecule has 0 spiro atoms. The third-order valence-electron chi connectivity index (χ3n) is 2.56. The highest BCUT2D eigenvalue weighted by Gasteiger charge is 2.16. The van der Waals surface area contributed by atoms with Crippen molar-refractivity contribution in [2.45, 2.75) is 13.5 Å². The van der Waals surface area contributed by atoms with Crippen LogP contribution in [0.2, 0.25) is 0 Å². The molecule has 0 saturated heterocycles. The summed E-state index contributed by atoms with van der Waals surface area (Å²) in [5, 5.41) is 5.64. The molecule has 88 valence electrons. The summed E-state index contributed by atoms with van der Waals surface area (Å²) >= 11 is 0. The van der Waals surface area contributed by atoms with E-state index in [0.717, 1.165) is 12.1 Å². The first-order chi connectivity index (χ1) is 8.11. The monoisotopic (exact) mass is 238 g/mol. The summed E-state index contributed by atoms with van der Waals surface area (Å²) in [6.45, 7) is 2.03. The van der Waals surface area contributed by atoms with Gasteiger partial charge in [-0.1, -0.05) is 0 Å². The van der Waals surface area contributed by atoms with Crippen LogP contribution in [-0.2, 0) is 6.54 Å². The van der Waals surface area contributed by atoms with E-state index in [1.807, 2.05) is 0 Å². The van der Waals surface area contributed by atoms with E-state index < -0.39 is 11.6 Å². The van der Waals surface area contributed by atoms with Crippen LogP contribution in [-0.4, -0.2) is 5.10 Å². The molecule has 0 unspecified atom stereocenters. The molecule has 0 radical (unpaired) electrons. The van der Waals surface area contributed by atoms with E-state index in [4.69, 9.17) is 0 Å². The molecule has 17 heavy (non-hydrogen) atoms. The highest BCUT2D eigenvalue weighted by molar-refractivity contribution is 5.34. The van der Waals surface area contributed by atoms with Crippen LogP contribution in [0.4, 0.5) is 14.5 Å². The highest BCUT2D eigenvalue weighted by Crippen LogP contribution is 2.13. The topological polar surface area (TPSA) is 49.1 Å². The fourth-order valence-corrected chi connectivity index (χ4v) is 1.56. The Kier molecular flexibility index (Phi) is 2.95. The number of nitrogens with one attached hydrogen (secondary N) is 1. The number of hydrogen-bond donors (Lipinski definition) is 1. The van der Waals surface area contributed by atoms with E-state index in [0.29, 0.717) is 23.5 Å². The first-order valence-electron chi connectivity index (χ1n) is 4.97. The normalized spacial score (nSPS) is 10.5. The van der Waals surface area contributed by atoms with E-state index in [9.17, 15) is 13.7 Å². The molecular weight excluding hydrogens is 228 g/mol. The molecular formula is C11H10F2N3O+. The van der Waals surface area contributed by atoms with Gasteiger partial charge in [0.25, 0.3) is 0 Å². The molecule has 0 aliphatic carbocycles. The zero-order chi connectivity index (χ0) is 12.4. The zero-order valence-corrected chi connectivity index (χ0v) is 9.08. The number of nitroso groups, excluding NO2 is 1. The molecule has 1 aromatic heterocycles. The van der Waals surface area contributed by atoms with Gasteiger partial charge in [-0.15, -0.1) is 9.59 Å². The van der Waals surface area contributed by atoms with Crippen molar-refractivity contribution in [3.05, 3.63) is 52.2 Å². The maximum atomic E-state index is 13.0. The van der Waals surface area contributed by atoms with Gasteiger partial charge in [-0.3, -0.25) is 0 Å². The van der Waals surface area contributed by atoms with Gasteiger partial charge in [0.1, 0.15) is 0 Å². The minimum absolute atomic E-state index is 0.299. The van der Waals surface area contributed by atoms with Crippen LogP contribution in [0.1, 0.15) is 11.3 Å². The fourth-order valence-electron chi connectivity index (χ4n) is 1.56. The lowest BCUT2D eigenvalue weighted by molar-refractivity contribution is -0.747. The Balaban J connectivity index is 2.28. The Morgan fingerprint density at radius 1 is 1.35 bits per heavy atom. The lowest BCUT2D eigenvalue weighted by atomic mass is 10.2. The molecule has 0 fully saturated rings. The Morgan fingerprint density at radius 2 is 2.12 bits per heavy atom. The average molecular weight is 238 g/mol. The maximum Gasteiger partial charge on any atom is 0.234 e. The number of rotatable bonds is 3. The second-order valence-corrected chi connectivity index (χ2v) is 3.67. The molecule has 0 aliphatic heterocycles. The zero-order valence-electron chi connectivity index (χ0n) is 9.08. The van der Waals surface area contributed by atoms with Crippen molar-refractivity contribution in [2.24, 2.45) is 5.18 Å². The van der Waals surface area contributed by atoms with Gasteiger partial charge in [0.15, 0.2) is 23.9 Å². The van der Waals surface area contributed by atoms with E-state index >= 15 is 0 Å². The number of nitrogens with zero attached hydrogens (tertiary/aromatic N) is 2. The molecule has 2 aromatic rings. The molecule has 0 bridgehead atoms. The molecule has 0 atom stereocenters. The summed E-state index contributed by atoms with van der Waals surface area (Å²) in [6, 6.07) is 3.68. The standard InChI is InChI=1S/C11H9F2N3O/c1-7-11(15-17)5-14-16(7)6-8-2-3-9(12)10(13)4-8/h2-5H,6H2,1H3/p+1. The molecule has 1 heterocycles. The van der Waals surface area contributed by atoms with Gasteiger partial charge in [-0.05, 0) is 23.4 Å². The van der Waals surface area contributed by atoms with Gasteiger partial charge < -0.3 is 0 Å². The Morgan fingerprint density at radius 3 is 2.71 bits per heavy atom. The third-order valence-corrected chi connectivity index (χ3v) is 2.56. The average Bonchev–Trinajstić information content (AvgIpc) is 2.65. The van der Waals surface area contributed by atoms with Gasteiger partial charge in [-0.2, -0.15) is 5.10 Å². The van der Waals surface area contributed by atoms with Crippen LogP contribution in [0, 0.1) is 23.5 Å². The number of benzene rings is 1. The number of aromatic amines is 1. The predicted molar refractivity (Wildman–Crippen MR) is 56.6 cm³/mol. The van der Waals surface area contributed by atoms with Crippen molar-refractivity contribution in [3.8, 4) is 0 Å². The van der Waals surface area contributed by atoms with Gasteiger partial charge in [0.2, 0.25) is 5.69 Å². The Hall–Kier alpha value is -2.11. The highest BCUT2D eigenvalue weighted by atomic mass is 19.2. The third kappa shape index (κ3) is 2.20. The first-order valence-corrected chi connectivity index (χ1v) is 4.97. The smallest absolute Gasteiger partial charge is 0.204 e. The quantitative estimate of drug-likeness (QED) is 0.647. The lowest BCUT2D eigenvalue weighted by Crippen LogP contribution is -2.38. The van der Waals surface area contributed by atoms with Gasteiger partial charge in [0, 0.05) is 12.5 Å². The van der Waals surface area contributed by atoms with Crippen molar-refractivity contribution < 1.29 is 13.5 Å². The van der Waals surface area contributed by atoms with Crippen LogP contribution in [0.5, 0.6) is 0 Å². The number of aromatic nitrogens is 2. The molecule has 0 saturated carbocycles. The van der Waals surface area contributed by atoms with Crippen LogP contribution >= 0.6 is 0 Å². The largest absolute Gasteiger partial charge is 0.234 e. The molecule has 1 N–H and O–H groups in total. The Bertz CT molecular complexity index is 566. The van der Waals surface area contributed by atoms with Crippen LogP contribution in [0.15, 0.2) is 29.6 Å². The summed E-state index contributed by atoms with van der Waals surface area (Å²) in [5.41, 5.74) is 1.54. The van der Waals surface area contributed by atoms with Crippen LogP contribution < -0.4 is 4.68 Å². The molecule has 2 rings (SSSR count). The number of halogens is 2. The van der Waals surface area contributed by atoms with Crippen molar-refractivity contribution in [2.75, 3.05) is 0 Å². The number of hydrogen-bond acceptors (Lipinski definition) is 2. The van der Waals surface area contributed by atoms with Crippen molar-refractivity contribution in [1.29, 1.82) is 0 Å². The molecule has 6 heteroatoms. The Labute approximate surface area is 95.9 Å². The summed E-state index contributed by atoms with van der Waals surface area (Å²) in [6.07, 6.45) is 1.46. The number of H-pyrrole nitrogens is 1. The van der Waals surface area contributed by atoms with Crippen LogP contribution in [0.25, 0.3) is 0 Å². The van der Waals surface area contributed by atoms with Crippen molar-refractivity contribution >= 4 is 5.69 Å². The SMILES string of the molecule is Cc1c(N=O)c[nH][n+]1Cc1ccc(F)c(F)c1. The first kappa shape index (κ1) is 11.4. The summed E-state index contributed by atoms with van der Waals surface area (Å²) in [5.74, 6) is -1.77. The van der Waals surface area contributed by atoms with Gasteiger partial charge in [0.05, 0.1) is 6.20 Å². The minimum atomic E-state index is -0.888. The molecule has 0 amide bonds.